The van der Waals surface area contributed by atoms with Crippen LogP contribution in [0, 0.1) is 0 Å². The van der Waals surface area contributed by atoms with Crippen LogP contribution in [0.1, 0.15) is 74.9 Å². The van der Waals surface area contributed by atoms with E-state index < -0.39 is 0 Å². The molecule has 3 aliphatic heterocycles. The van der Waals surface area contributed by atoms with E-state index in [-0.39, 0.29) is 16.2 Å². The third kappa shape index (κ3) is 3.89. The zero-order valence-electron chi connectivity index (χ0n) is 31.5. The molecule has 5 aromatic carbocycles. The van der Waals surface area contributed by atoms with Crippen LogP contribution in [-0.4, -0.2) is 14.5 Å². The molecule has 8 aromatic rings. The molecule has 0 fully saturated rings. The van der Waals surface area contributed by atoms with E-state index in [2.05, 4.69) is 177 Å². The zero-order chi connectivity index (χ0) is 36.7. The van der Waals surface area contributed by atoms with Crippen molar-refractivity contribution in [3.63, 3.8) is 0 Å². The summed E-state index contributed by atoms with van der Waals surface area (Å²) in [6.07, 6.45) is 3.82. The lowest BCUT2D eigenvalue weighted by Crippen LogP contribution is -2.38. The predicted octanol–water partition coefficient (Wildman–Crippen LogP) is 12.4. The molecule has 262 valence electrons. The van der Waals surface area contributed by atoms with Crippen molar-refractivity contribution in [2.24, 2.45) is 0 Å². The van der Waals surface area contributed by atoms with Gasteiger partial charge in [-0.1, -0.05) is 114 Å². The lowest BCUT2D eigenvalue weighted by molar-refractivity contribution is 0.594. The maximum atomic E-state index is 5.12. The molecule has 0 saturated carbocycles. The molecule has 0 aliphatic carbocycles. The van der Waals surface area contributed by atoms with Crippen LogP contribution < -0.4 is 9.80 Å². The van der Waals surface area contributed by atoms with Gasteiger partial charge in [0, 0.05) is 50.7 Å². The standard InChI is InChI=1S/C49H41N5/c1-47(2)34-24-23-30(27-42(34)54-45-35(47)17-13-18-36(45)49(5,6)37-19-14-26-51-46(37)54)52-40-21-10-8-16-33(40)48(3,4)38-28-32-31-15-7-9-20-39(31)53(41(32)29-43(38)52)44-22-11-12-25-50-44/h7-29H,1-6H3. The molecule has 3 aromatic heterocycles. The lowest BCUT2D eigenvalue weighted by Gasteiger charge is -2.49. The smallest absolute Gasteiger partial charge is 0.141 e. The fourth-order valence-corrected chi connectivity index (χ4v) is 10.0. The molecule has 3 aliphatic rings. The number of nitrogens with zero attached hydrogens (tertiary/aromatic N) is 5. The molecule has 11 rings (SSSR count). The summed E-state index contributed by atoms with van der Waals surface area (Å²) in [5.74, 6) is 1.92. The normalized spacial score (nSPS) is 16.7. The average Bonchev–Trinajstić information content (AvgIpc) is 3.51. The summed E-state index contributed by atoms with van der Waals surface area (Å²) in [5.41, 5.74) is 15.4. The number of benzene rings is 5. The van der Waals surface area contributed by atoms with Crippen LogP contribution in [0.15, 0.2) is 140 Å². The number of anilines is 6. The fraction of sp³-hybridized carbons (Fsp3) is 0.184. The van der Waals surface area contributed by atoms with Gasteiger partial charge >= 0.3 is 0 Å². The van der Waals surface area contributed by atoms with Crippen molar-refractivity contribution in [3.8, 4) is 5.82 Å². The van der Waals surface area contributed by atoms with Gasteiger partial charge in [0.15, 0.2) is 0 Å². The van der Waals surface area contributed by atoms with Gasteiger partial charge in [0.25, 0.3) is 0 Å². The molecule has 0 amide bonds. The van der Waals surface area contributed by atoms with E-state index in [0.29, 0.717) is 0 Å². The Labute approximate surface area is 316 Å². The van der Waals surface area contributed by atoms with Crippen LogP contribution in [0.2, 0.25) is 0 Å². The Balaban J connectivity index is 1.21. The second-order valence-electron chi connectivity index (χ2n) is 16.8. The minimum absolute atomic E-state index is 0.190. The maximum Gasteiger partial charge on any atom is 0.141 e. The summed E-state index contributed by atoms with van der Waals surface area (Å²) >= 11 is 0. The van der Waals surface area contributed by atoms with Crippen LogP contribution in [-0.2, 0) is 16.2 Å². The van der Waals surface area contributed by atoms with Gasteiger partial charge in [-0.3, -0.25) is 9.47 Å². The number of rotatable bonds is 2. The van der Waals surface area contributed by atoms with E-state index in [0.717, 1.165) is 28.4 Å². The maximum absolute atomic E-state index is 5.12. The molecule has 0 N–H and O–H groups in total. The van der Waals surface area contributed by atoms with Crippen molar-refractivity contribution in [1.29, 1.82) is 0 Å². The van der Waals surface area contributed by atoms with Crippen molar-refractivity contribution >= 4 is 56.1 Å². The Kier molecular flexibility index (Phi) is 6.08. The van der Waals surface area contributed by atoms with Crippen LogP contribution in [0.4, 0.5) is 34.3 Å². The minimum Gasteiger partial charge on any atom is -0.310 e. The average molecular weight is 700 g/mol. The summed E-state index contributed by atoms with van der Waals surface area (Å²) in [6.45, 7) is 14.2. The molecule has 5 heteroatoms. The highest BCUT2D eigenvalue weighted by Gasteiger charge is 2.46. The first-order valence-electron chi connectivity index (χ1n) is 19.0. The minimum atomic E-state index is -0.240. The number of hydrogen-bond acceptors (Lipinski definition) is 4. The number of pyridine rings is 2. The summed E-state index contributed by atoms with van der Waals surface area (Å²) in [6, 6.07) is 47.0. The van der Waals surface area contributed by atoms with Gasteiger partial charge in [0.2, 0.25) is 0 Å². The Morgan fingerprint density at radius 3 is 1.89 bits per heavy atom. The van der Waals surface area contributed by atoms with Crippen molar-refractivity contribution in [3.05, 3.63) is 173 Å². The Hall–Kier alpha value is -6.20. The van der Waals surface area contributed by atoms with E-state index in [1.807, 2.05) is 18.5 Å². The van der Waals surface area contributed by atoms with E-state index in [1.54, 1.807) is 0 Å². The summed E-state index contributed by atoms with van der Waals surface area (Å²) < 4.78 is 2.32. The van der Waals surface area contributed by atoms with Gasteiger partial charge in [-0.2, -0.15) is 0 Å². The Morgan fingerprint density at radius 1 is 0.426 bits per heavy atom. The number of fused-ring (bicyclic) bond motifs is 9. The van der Waals surface area contributed by atoms with Crippen LogP contribution in [0.25, 0.3) is 27.6 Å². The molecule has 0 radical (unpaired) electrons. The van der Waals surface area contributed by atoms with E-state index in [1.165, 1.54) is 66.9 Å². The van der Waals surface area contributed by atoms with Crippen molar-refractivity contribution in [2.45, 2.75) is 57.8 Å². The van der Waals surface area contributed by atoms with Gasteiger partial charge < -0.3 is 4.90 Å². The van der Waals surface area contributed by atoms with Gasteiger partial charge in [-0.25, -0.2) is 9.97 Å². The molecule has 6 heterocycles. The van der Waals surface area contributed by atoms with Gasteiger partial charge in [-0.15, -0.1) is 0 Å². The molecular weight excluding hydrogens is 659 g/mol. The second-order valence-corrected chi connectivity index (χ2v) is 16.8. The monoisotopic (exact) mass is 699 g/mol. The summed E-state index contributed by atoms with van der Waals surface area (Å²) in [7, 11) is 0. The molecule has 0 unspecified atom stereocenters. The van der Waals surface area contributed by atoms with E-state index in [4.69, 9.17) is 9.97 Å². The number of hydrogen-bond donors (Lipinski definition) is 0. The molecule has 0 spiro atoms. The van der Waals surface area contributed by atoms with Crippen molar-refractivity contribution in [1.82, 2.24) is 14.5 Å². The third-order valence-electron chi connectivity index (χ3n) is 12.8. The first kappa shape index (κ1) is 31.3. The molecule has 0 saturated heterocycles. The molecule has 54 heavy (non-hydrogen) atoms. The van der Waals surface area contributed by atoms with Gasteiger partial charge in [0.1, 0.15) is 11.6 Å². The number of aromatic nitrogens is 3. The first-order valence-corrected chi connectivity index (χ1v) is 19.0. The largest absolute Gasteiger partial charge is 0.310 e. The van der Waals surface area contributed by atoms with Crippen LogP contribution >= 0.6 is 0 Å². The lowest BCUT2D eigenvalue weighted by atomic mass is 9.67. The SMILES string of the molecule is CC1(C)c2ccccc2N(c2ccc3c(c2)N2c4ncccc4C(C)(C)c4cccc(c42)C3(C)C)c2cc3c(cc21)c1ccccc1n3-c1ccccn1. The quantitative estimate of drug-likeness (QED) is 0.180. The zero-order valence-corrected chi connectivity index (χ0v) is 31.5. The number of para-hydroxylation sites is 3. The van der Waals surface area contributed by atoms with Crippen molar-refractivity contribution < 1.29 is 0 Å². The van der Waals surface area contributed by atoms with Gasteiger partial charge in [-0.05, 0) is 82.4 Å². The van der Waals surface area contributed by atoms with E-state index in [9.17, 15) is 0 Å². The topological polar surface area (TPSA) is 37.2 Å². The van der Waals surface area contributed by atoms with E-state index >= 15 is 0 Å². The third-order valence-corrected chi connectivity index (χ3v) is 12.8. The van der Waals surface area contributed by atoms with Crippen molar-refractivity contribution in [2.75, 3.05) is 9.80 Å². The molecule has 5 nitrogen and oxygen atoms in total. The summed E-state index contributed by atoms with van der Waals surface area (Å²) in [4.78, 5) is 14.9. The fourth-order valence-electron chi connectivity index (χ4n) is 10.0. The first-order chi connectivity index (χ1) is 26.1. The highest BCUT2D eigenvalue weighted by molar-refractivity contribution is 6.11. The predicted molar refractivity (Wildman–Crippen MR) is 222 cm³/mol. The Bertz CT molecular complexity index is 2860. The molecule has 0 bridgehead atoms. The highest BCUT2D eigenvalue weighted by atomic mass is 15.2. The Morgan fingerprint density at radius 2 is 1.07 bits per heavy atom. The van der Waals surface area contributed by atoms with Crippen LogP contribution in [0.5, 0.6) is 0 Å². The second kappa shape index (κ2) is 10.5. The summed E-state index contributed by atoms with van der Waals surface area (Å²) in [5, 5.41) is 2.46. The molecular formula is C49H41N5. The highest BCUT2D eigenvalue weighted by Crippen LogP contribution is 2.61. The molecule has 0 atom stereocenters. The van der Waals surface area contributed by atoms with Crippen LogP contribution in [0.3, 0.4) is 0 Å². The van der Waals surface area contributed by atoms with Gasteiger partial charge in [0.05, 0.1) is 33.8 Å².